The van der Waals surface area contributed by atoms with Crippen LogP contribution in [0.5, 0.6) is 0 Å². The quantitative estimate of drug-likeness (QED) is 0.373. The lowest BCUT2D eigenvalue weighted by atomic mass is 9.92. The number of hydrogen-bond donors (Lipinski definition) is 1. The molecule has 0 aromatic heterocycles. The number of ketones is 1. The lowest BCUT2D eigenvalue weighted by Crippen LogP contribution is -2.57. The fourth-order valence-electron chi connectivity index (χ4n) is 1.31. The van der Waals surface area contributed by atoms with Gasteiger partial charge in [-0.1, -0.05) is 30.3 Å². The number of benzene rings is 1. The molecule has 0 bridgehead atoms. The molecule has 0 amide bonds. The zero-order valence-corrected chi connectivity index (χ0v) is 10.2. The van der Waals surface area contributed by atoms with Crippen LogP contribution >= 0.6 is 11.6 Å². The van der Waals surface area contributed by atoms with E-state index in [0.717, 1.165) is 0 Å². The Hall–Kier alpha value is -1.39. The molecule has 0 spiro atoms. The molecule has 0 aliphatic rings. The number of halogens is 1. The Morgan fingerprint density at radius 3 is 2.41 bits per heavy atom. The molecule has 17 heavy (non-hydrogen) atoms. The molecular formula is C12H14ClNO3. The number of alkyl halides is 1. The fraction of sp³-hybridized carbons (Fsp3) is 0.333. The predicted molar refractivity (Wildman–Crippen MR) is 65.0 cm³/mol. The number of carbonyl (C=O) groups is 2. The van der Waals surface area contributed by atoms with E-state index >= 15 is 0 Å². The zero-order chi connectivity index (χ0) is 12.9. The maximum Gasteiger partial charge on any atom is 0.335 e. The average molecular weight is 256 g/mol. The van der Waals surface area contributed by atoms with Gasteiger partial charge in [0.05, 0.1) is 12.5 Å². The molecule has 0 fully saturated rings. The molecule has 5 heteroatoms. The molecule has 0 unspecified atom stereocenters. The summed E-state index contributed by atoms with van der Waals surface area (Å²) in [7, 11) is 0. The van der Waals surface area contributed by atoms with Crippen molar-refractivity contribution in [1.29, 1.82) is 0 Å². The highest BCUT2D eigenvalue weighted by Gasteiger charge is 2.43. The summed E-state index contributed by atoms with van der Waals surface area (Å²) < 4.78 is 4.77. The smallest absolute Gasteiger partial charge is 0.335 e. The van der Waals surface area contributed by atoms with Gasteiger partial charge in [-0.15, -0.1) is 11.6 Å². The minimum absolute atomic E-state index is 0.150. The van der Waals surface area contributed by atoms with E-state index in [4.69, 9.17) is 22.1 Å². The van der Waals surface area contributed by atoms with Crippen molar-refractivity contribution in [2.24, 2.45) is 5.73 Å². The zero-order valence-electron chi connectivity index (χ0n) is 9.48. The molecule has 1 aromatic carbocycles. The van der Waals surface area contributed by atoms with Crippen LogP contribution in [-0.2, 0) is 9.53 Å². The first-order valence-corrected chi connectivity index (χ1v) is 5.71. The number of ether oxygens (including phenoxy) is 1. The van der Waals surface area contributed by atoms with Crippen LogP contribution in [0.4, 0.5) is 0 Å². The molecular weight excluding hydrogens is 242 g/mol. The summed E-state index contributed by atoms with van der Waals surface area (Å²) in [4.78, 5) is 23.8. The Kier molecular flexibility index (Phi) is 4.66. The molecule has 0 aliphatic heterocycles. The largest absolute Gasteiger partial charge is 0.464 e. The standard InChI is InChI=1S/C12H14ClNO3/c1-2-17-11(16)12(14,8-13)10(15)9-6-4-3-5-7-9/h3-7H,2,8,14H2,1H3/t12-/m1/s1. The van der Waals surface area contributed by atoms with Gasteiger partial charge in [0.25, 0.3) is 0 Å². The van der Waals surface area contributed by atoms with Gasteiger partial charge in [0, 0.05) is 5.56 Å². The summed E-state index contributed by atoms with van der Waals surface area (Å²) in [6, 6.07) is 8.30. The monoisotopic (exact) mass is 255 g/mol. The van der Waals surface area contributed by atoms with Crippen molar-refractivity contribution in [2.75, 3.05) is 12.5 Å². The molecule has 0 aliphatic carbocycles. The number of rotatable bonds is 5. The van der Waals surface area contributed by atoms with E-state index < -0.39 is 17.3 Å². The van der Waals surface area contributed by atoms with Gasteiger partial charge in [-0.25, -0.2) is 4.79 Å². The minimum atomic E-state index is -1.82. The van der Waals surface area contributed by atoms with E-state index in [2.05, 4.69) is 0 Å². The van der Waals surface area contributed by atoms with Gasteiger partial charge in [-0.3, -0.25) is 4.79 Å². The Bertz CT molecular complexity index is 407. The van der Waals surface area contributed by atoms with Crippen LogP contribution in [0.3, 0.4) is 0 Å². The molecule has 1 rings (SSSR count). The average Bonchev–Trinajstić information content (AvgIpc) is 2.38. The molecule has 0 heterocycles. The third-order valence-electron chi connectivity index (χ3n) is 2.29. The van der Waals surface area contributed by atoms with Gasteiger partial charge in [-0.2, -0.15) is 0 Å². The van der Waals surface area contributed by atoms with Gasteiger partial charge >= 0.3 is 5.97 Å². The second-order valence-corrected chi connectivity index (χ2v) is 3.79. The summed E-state index contributed by atoms with van der Waals surface area (Å²) in [5.41, 5.74) is 4.26. The van der Waals surface area contributed by atoms with Crippen LogP contribution in [0.1, 0.15) is 17.3 Å². The highest BCUT2D eigenvalue weighted by Crippen LogP contribution is 2.15. The summed E-state index contributed by atoms with van der Waals surface area (Å²) in [5, 5.41) is 0. The third kappa shape index (κ3) is 2.84. The molecule has 1 aromatic rings. The summed E-state index contributed by atoms with van der Waals surface area (Å²) in [6.07, 6.45) is 0. The van der Waals surface area contributed by atoms with Gasteiger partial charge in [-0.05, 0) is 6.92 Å². The number of hydrogen-bond acceptors (Lipinski definition) is 4. The number of esters is 1. The van der Waals surface area contributed by atoms with Crippen molar-refractivity contribution in [1.82, 2.24) is 0 Å². The van der Waals surface area contributed by atoms with Crippen LogP contribution in [-0.4, -0.2) is 29.8 Å². The molecule has 0 radical (unpaired) electrons. The van der Waals surface area contributed by atoms with Crippen molar-refractivity contribution in [3.05, 3.63) is 35.9 Å². The van der Waals surface area contributed by atoms with E-state index in [9.17, 15) is 9.59 Å². The Labute approximate surface area is 105 Å². The van der Waals surface area contributed by atoms with Crippen LogP contribution in [0.15, 0.2) is 30.3 Å². The van der Waals surface area contributed by atoms with Gasteiger partial charge in [0.2, 0.25) is 0 Å². The summed E-state index contributed by atoms with van der Waals surface area (Å²) >= 11 is 5.64. The maximum atomic E-state index is 12.1. The summed E-state index contributed by atoms with van der Waals surface area (Å²) in [6.45, 7) is 1.79. The van der Waals surface area contributed by atoms with Crippen molar-refractivity contribution in [3.63, 3.8) is 0 Å². The lowest BCUT2D eigenvalue weighted by Gasteiger charge is -2.22. The Morgan fingerprint density at radius 2 is 1.94 bits per heavy atom. The van der Waals surface area contributed by atoms with Crippen LogP contribution in [0, 0.1) is 0 Å². The van der Waals surface area contributed by atoms with Gasteiger partial charge in [0.15, 0.2) is 11.3 Å². The van der Waals surface area contributed by atoms with E-state index in [1.807, 2.05) is 0 Å². The first kappa shape index (κ1) is 13.7. The molecule has 1 atom stereocenters. The Balaban J connectivity index is 3.02. The van der Waals surface area contributed by atoms with Crippen molar-refractivity contribution in [2.45, 2.75) is 12.5 Å². The molecule has 4 nitrogen and oxygen atoms in total. The first-order valence-electron chi connectivity index (χ1n) is 5.18. The van der Waals surface area contributed by atoms with Crippen LogP contribution < -0.4 is 5.73 Å². The molecule has 2 N–H and O–H groups in total. The molecule has 0 saturated heterocycles. The van der Waals surface area contributed by atoms with Crippen molar-refractivity contribution in [3.8, 4) is 0 Å². The Morgan fingerprint density at radius 1 is 1.35 bits per heavy atom. The minimum Gasteiger partial charge on any atom is -0.464 e. The molecule has 92 valence electrons. The van der Waals surface area contributed by atoms with E-state index in [1.165, 1.54) is 0 Å². The number of Topliss-reactive ketones (excluding diaryl/α,β-unsaturated/α-hetero) is 1. The van der Waals surface area contributed by atoms with Crippen molar-refractivity contribution >= 4 is 23.4 Å². The predicted octanol–water partition coefficient (Wildman–Crippen LogP) is 1.37. The van der Waals surface area contributed by atoms with E-state index in [0.29, 0.717) is 5.56 Å². The van der Waals surface area contributed by atoms with Gasteiger partial charge in [0.1, 0.15) is 0 Å². The highest BCUT2D eigenvalue weighted by atomic mass is 35.5. The second-order valence-electron chi connectivity index (χ2n) is 3.52. The topological polar surface area (TPSA) is 69.4 Å². The SMILES string of the molecule is CCOC(=O)[C@@](N)(CCl)C(=O)c1ccccc1. The molecule has 0 saturated carbocycles. The number of nitrogens with two attached hydrogens (primary N) is 1. The van der Waals surface area contributed by atoms with E-state index in [-0.39, 0.29) is 12.5 Å². The third-order valence-corrected chi connectivity index (χ3v) is 2.71. The second kappa shape index (κ2) is 5.80. The maximum absolute atomic E-state index is 12.1. The first-order chi connectivity index (χ1) is 8.06. The highest BCUT2D eigenvalue weighted by molar-refractivity contribution is 6.27. The fourth-order valence-corrected chi connectivity index (χ4v) is 1.55. The van der Waals surface area contributed by atoms with Crippen LogP contribution in [0.25, 0.3) is 0 Å². The van der Waals surface area contributed by atoms with Crippen molar-refractivity contribution < 1.29 is 14.3 Å². The van der Waals surface area contributed by atoms with E-state index in [1.54, 1.807) is 37.3 Å². The number of carbonyl (C=O) groups excluding carboxylic acids is 2. The summed E-state index contributed by atoms with van der Waals surface area (Å²) in [5.74, 6) is -1.66. The lowest BCUT2D eigenvalue weighted by molar-refractivity contribution is -0.146. The van der Waals surface area contributed by atoms with Crippen LogP contribution in [0.2, 0.25) is 0 Å². The van der Waals surface area contributed by atoms with Gasteiger partial charge < -0.3 is 10.5 Å². The normalized spacial score (nSPS) is 13.8.